The summed E-state index contributed by atoms with van der Waals surface area (Å²) in [6.07, 6.45) is 2.23. The Kier molecular flexibility index (Phi) is 3.19. The highest BCUT2D eigenvalue weighted by molar-refractivity contribution is 6.18. The van der Waals surface area contributed by atoms with E-state index in [1.54, 1.807) is 0 Å². The van der Waals surface area contributed by atoms with Gasteiger partial charge in [0.2, 0.25) is 0 Å². The zero-order valence-corrected chi connectivity index (χ0v) is 11.4. The van der Waals surface area contributed by atoms with Crippen LogP contribution in [0.2, 0.25) is 0 Å². The topological polar surface area (TPSA) is 29.1 Å². The van der Waals surface area contributed by atoms with Gasteiger partial charge in [-0.2, -0.15) is 0 Å². The summed E-state index contributed by atoms with van der Waals surface area (Å²) in [5.74, 6) is 0.621. The number of hydrogen-bond donors (Lipinski definition) is 1. The number of halogens is 1. The largest absolute Gasteiger partial charge is 0.351 e. The van der Waals surface area contributed by atoms with Crippen molar-refractivity contribution in [3.63, 3.8) is 0 Å². The van der Waals surface area contributed by atoms with Gasteiger partial charge in [0.05, 0.1) is 0 Å². The van der Waals surface area contributed by atoms with E-state index >= 15 is 0 Å². The summed E-state index contributed by atoms with van der Waals surface area (Å²) < 4.78 is 0. The maximum Gasteiger partial charge on any atom is 0.251 e. The van der Waals surface area contributed by atoms with Crippen LogP contribution in [0.3, 0.4) is 0 Å². The minimum Gasteiger partial charge on any atom is -0.351 e. The first-order valence-corrected chi connectivity index (χ1v) is 7.10. The first-order chi connectivity index (χ1) is 9.24. The lowest BCUT2D eigenvalue weighted by atomic mass is 10.0. The third kappa shape index (κ3) is 2.45. The van der Waals surface area contributed by atoms with Gasteiger partial charge >= 0.3 is 0 Å². The SMILES string of the molecule is O=C(NCC1(CCl)CC1)c1cccc2ccccc12. The van der Waals surface area contributed by atoms with Crippen molar-refractivity contribution in [3.05, 3.63) is 48.0 Å². The summed E-state index contributed by atoms with van der Waals surface area (Å²) >= 11 is 5.93. The molecule has 1 fully saturated rings. The minimum atomic E-state index is -0.00630. The van der Waals surface area contributed by atoms with Crippen LogP contribution in [0.1, 0.15) is 23.2 Å². The van der Waals surface area contributed by atoms with E-state index in [1.807, 2.05) is 42.5 Å². The Morgan fingerprint density at radius 1 is 1.16 bits per heavy atom. The lowest BCUT2D eigenvalue weighted by molar-refractivity contribution is 0.0948. The highest BCUT2D eigenvalue weighted by Crippen LogP contribution is 2.45. The molecule has 0 unspecified atom stereocenters. The molecule has 0 saturated heterocycles. The van der Waals surface area contributed by atoms with Crippen LogP contribution in [0.4, 0.5) is 0 Å². The van der Waals surface area contributed by atoms with Crippen molar-refractivity contribution < 1.29 is 4.79 Å². The Labute approximate surface area is 117 Å². The van der Waals surface area contributed by atoms with Gasteiger partial charge < -0.3 is 5.32 Å². The van der Waals surface area contributed by atoms with Gasteiger partial charge in [0.25, 0.3) is 5.91 Å². The maximum absolute atomic E-state index is 12.3. The van der Waals surface area contributed by atoms with Crippen molar-refractivity contribution in [1.82, 2.24) is 5.32 Å². The van der Waals surface area contributed by atoms with Crippen molar-refractivity contribution in [3.8, 4) is 0 Å². The maximum atomic E-state index is 12.3. The number of nitrogens with one attached hydrogen (secondary N) is 1. The van der Waals surface area contributed by atoms with Crippen LogP contribution in [0.15, 0.2) is 42.5 Å². The molecular weight excluding hydrogens is 258 g/mol. The van der Waals surface area contributed by atoms with E-state index < -0.39 is 0 Å². The van der Waals surface area contributed by atoms with Crippen LogP contribution in [0, 0.1) is 5.41 Å². The zero-order chi connectivity index (χ0) is 13.3. The molecule has 1 saturated carbocycles. The van der Waals surface area contributed by atoms with Gasteiger partial charge in [0, 0.05) is 23.4 Å². The Balaban J connectivity index is 1.82. The third-order valence-corrected chi connectivity index (χ3v) is 4.47. The Morgan fingerprint density at radius 3 is 2.63 bits per heavy atom. The summed E-state index contributed by atoms with van der Waals surface area (Å²) in [4.78, 5) is 12.3. The number of alkyl halides is 1. The van der Waals surface area contributed by atoms with Crippen LogP contribution in [-0.2, 0) is 0 Å². The minimum absolute atomic E-state index is 0.00630. The van der Waals surface area contributed by atoms with E-state index in [2.05, 4.69) is 5.32 Å². The predicted octanol–water partition coefficient (Wildman–Crippen LogP) is 3.59. The van der Waals surface area contributed by atoms with E-state index in [0.717, 1.165) is 29.2 Å². The first kappa shape index (κ1) is 12.5. The Bertz CT molecular complexity index is 614. The number of hydrogen-bond acceptors (Lipinski definition) is 1. The van der Waals surface area contributed by atoms with Crippen LogP contribution in [-0.4, -0.2) is 18.3 Å². The van der Waals surface area contributed by atoms with Crippen molar-refractivity contribution >= 4 is 28.3 Å². The molecule has 0 spiro atoms. The summed E-state index contributed by atoms with van der Waals surface area (Å²) in [7, 11) is 0. The normalized spacial score (nSPS) is 16.3. The molecule has 19 heavy (non-hydrogen) atoms. The molecule has 0 bridgehead atoms. The van der Waals surface area contributed by atoms with Crippen LogP contribution in [0.5, 0.6) is 0 Å². The van der Waals surface area contributed by atoms with E-state index in [-0.39, 0.29) is 11.3 Å². The molecule has 2 nitrogen and oxygen atoms in total. The van der Waals surface area contributed by atoms with E-state index in [0.29, 0.717) is 12.4 Å². The Morgan fingerprint density at radius 2 is 1.89 bits per heavy atom. The lowest BCUT2D eigenvalue weighted by Gasteiger charge is -2.13. The molecule has 0 aromatic heterocycles. The van der Waals surface area contributed by atoms with E-state index in [1.165, 1.54) is 0 Å². The van der Waals surface area contributed by atoms with Crippen molar-refractivity contribution in [2.45, 2.75) is 12.8 Å². The first-order valence-electron chi connectivity index (χ1n) is 6.56. The van der Waals surface area contributed by atoms with Gasteiger partial charge in [-0.1, -0.05) is 36.4 Å². The van der Waals surface area contributed by atoms with Crippen LogP contribution >= 0.6 is 11.6 Å². The summed E-state index contributed by atoms with van der Waals surface area (Å²) in [5, 5.41) is 5.11. The number of carbonyl (C=O) groups is 1. The van der Waals surface area contributed by atoms with Gasteiger partial charge in [-0.25, -0.2) is 0 Å². The summed E-state index contributed by atoms with van der Waals surface area (Å²) in [6, 6.07) is 13.8. The second-order valence-corrected chi connectivity index (χ2v) is 5.61. The standard InChI is InChI=1S/C16H16ClNO/c17-10-16(8-9-16)11-18-15(19)14-7-3-5-12-4-1-2-6-13(12)14/h1-7H,8-11H2,(H,18,19). The van der Waals surface area contributed by atoms with Gasteiger partial charge in [-0.05, 0) is 29.7 Å². The molecule has 0 atom stereocenters. The third-order valence-electron chi connectivity index (χ3n) is 3.90. The highest BCUT2D eigenvalue weighted by atomic mass is 35.5. The molecule has 98 valence electrons. The molecule has 2 aromatic carbocycles. The molecule has 1 amide bonds. The molecule has 1 aliphatic rings. The fourth-order valence-corrected chi connectivity index (χ4v) is 2.68. The fourth-order valence-electron chi connectivity index (χ4n) is 2.32. The van der Waals surface area contributed by atoms with Crippen LogP contribution < -0.4 is 5.32 Å². The molecule has 0 radical (unpaired) electrons. The Hall–Kier alpha value is -1.54. The summed E-state index contributed by atoms with van der Waals surface area (Å²) in [6.45, 7) is 0.679. The molecule has 0 heterocycles. The van der Waals surface area contributed by atoms with Crippen molar-refractivity contribution in [2.75, 3.05) is 12.4 Å². The average molecular weight is 274 g/mol. The quantitative estimate of drug-likeness (QED) is 0.848. The molecule has 3 rings (SSSR count). The lowest BCUT2D eigenvalue weighted by Crippen LogP contribution is -2.31. The smallest absolute Gasteiger partial charge is 0.251 e. The molecule has 0 aliphatic heterocycles. The van der Waals surface area contributed by atoms with Gasteiger partial charge in [-0.15, -0.1) is 11.6 Å². The van der Waals surface area contributed by atoms with Gasteiger partial charge in [-0.3, -0.25) is 4.79 Å². The predicted molar refractivity (Wildman–Crippen MR) is 78.7 cm³/mol. The van der Waals surface area contributed by atoms with Crippen molar-refractivity contribution in [2.24, 2.45) is 5.41 Å². The highest BCUT2D eigenvalue weighted by Gasteiger charge is 2.41. The van der Waals surface area contributed by atoms with Crippen LogP contribution in [0.25, 0.3) is 10.8 Å². The molecule has 3 heteroatoms. The average Bonchev–Trinajstić information content (AvgIpc) is 3.25. The number of amides is 1. The monoisotopic (exact) mass is 273 g/mol. The molecule has 2 aromatic rings. The number of rotatable bonds is 4. The fraction of sp³-hybridized carbons (Fsp3) is 0.312. The molecular formula is C16H16ClNO. The molecule has 1 aliphatic carbocycles. The second-order valence-electron chi connectivity index (χ2n) is 5.34. The zero-order valence-electron chi connectivity index (χ0n) is 10.7. The van der Waals surface area contributed by atoms with Crippen molar-refractivity contribution in [1.29, 1.82) is 0 Å². The van der Waals surface area contributed by atoms with E-state index in [9.17, 15) is 4.79 Å². The second kappa shape index (κ2) is 4.86. The van der Waals surface area contributed by atoms with E-state index in [4.69, 9.17) is 11.6 Å². The number of benzene rings is 2. The number of fused-ring (bicyclic) bond motifs is 1. The van der Waals surface area contributed by atoms with Gasteiger partial charge in [0.1, 0.15) is 0 Å². The van der Waals surface area contributed by atoms with Gasteiger partial charge in [0.15, 0.2) is 0 Å². The summed E-state index contributed by atoms with van der Waals surface area (Å²) in [5.41, 5.74) is 0.894. The number of carbonyl (C=O) groups excluding carboxylic acids is 1. The molecule has 1 N–H and O–H groups in total.